The first-order chi connectivity index (χ1) is 15.4. The number of anilines is 1. The fourth-order valence-corrected chi connectivity index (χ4v) is 3.71. The topological polar surface area (TPSA) is 80.3 Å². The van der Waals surface area contributed by atoms with E-state index in [1.165, 1.54) is 0 Å². The van der Waals surface area contributed by atoms with Crippen molar-refractivity contribution in [2.45, 2.75) is 40.2 Å². The molecule has 2 amide bonds. The highest BCUT2D eigenvalue weighted by Crippen LogP contribution is 2.27. The summed E-state index contributed by atoms with van der Waals surface area (Å²) >= 11 is 1.58. The highest BCUT2D eigenvalue weighted by Gasteiger charge is 2.18. The van der Waals surface area contributed by atoms with Crippen LogP contribution in [0.3, 0.4) is 0 Å². The van der Waals surface area contributed by atoms with Crippen LogP contribution in [0.15, 0.2) is 54.0 Å². The summed E-state index contributed by atoms with van der Waals surface area (Å²) in [6.07, 6.45) is 2.60. The summed E-state index contributed by atoms with van der Waals surface area (Å²) in [4.78, 5) is 29.6. The van der Waals surface area contributed by atoms with Crippen molar-refractivity contribution in [1.29, 1.82) is 0 Å². The highest BCUT2D eigenvalue weighted by molar-refractivity contribution is 7.13. The summed E-state index contributed by atoms with van der Waals surface area (Å²) in [6.45, 7) is 8.10. The molecular weight excluding hydrogens is 422 g/mol. The molecule has 2 aromatic carbocycles. The summed E-state index contributed by atoms with van der Waals surface area (Å²) < 4.78 is 5.79. The molecule has 1 atom stereocenters. The van der Waals surface area contributed by atoms with Crippen molar-refractivity contribution in [2.24, 2.45) is 5.92 Å². The van der Waals surface area contributed by atoms with Crippen LogP contribution in [0.25, 0.3) is 10.6 Å². The third-order valence-electron chi connectivity index (χ3n) is 4.89. The van der Waals surface area contributed by atoms with E-state index in [4.69, 9.17) is 4.74 Å². The van der Waals surface area contributed by atoms with Gasteiger partial charge in [0.05, 0.1) is 18.2 Å². The average molecular weight is 452 g/mol. The van der Waals surface area contributed by atoms with Crippen LogP contribution in [0.1, 0.15) is 56.1 Å². The molecule has 0 radical (unpaired) electrons. The summed E-state index contributed by atoms with van der Waals surface area (Å²) in [5, 5.41) is 8.78. The van der Waals surface area contributed by atoms with Gasteiger partial charge in [0.2, 0.25) is 5.91 Å². The van der Waals surface area contributed by atoms with Gasteiger partial charge >= 0.3 is 0 Å². The third-order valence-corrected chi connectivity index (χ3v) is 5.71. The fourth-order valence-electron chi connectivity index (χ4n) is 3.07. The molecule has 0 bridgehead atoms. The Labute approximate surface area is 193 Å². The van der Waals surface area contributed by atoms with Crippen molar-refractivity contribution in [3.05, 3.63) is 65.2 Å². The molecule has 0 saturated carbocycles. The van der Waals surface area contributed by atoms with Crippen LogP contribution in [0.4, 0.5) is 5.69 Å². The lowest BCUT2D eigenvalue weighted by Crippen LogP contribution is -2.27. The van der Waals surface area contributed by atoms with Crippen molar-refractivity contribution in [3.8, 4) is 16.3 Å². The van der Waals surface area contributed by atoms with E-state index in [0.717, 1.165) is 22.6 Å². The molecule has 0 saturated heterocycles. The van der Waals surface area contributed by atoms with Crippen molar-refractivity contribution in [3.63, 3.8) is 0 Å². The molecule has 7 heteroatoms. The fraction of sp³-hybridized carbons (Fsp3) is 0.320. The van der Waals surface area contributed by atoms with E-state index in [-0.39, 0.29) is 23.8 Å². The van der Waals surface area contributed by atoms with E-state index in [1.54, 1.807) is 35.7 Å². The monoisotopic (exact) mass is 451 g/mol. The van der Waals surface area contributed by atoms with E-state index in [9.17, 15) is 9.59 Å². The number of hydrogen-bond acceptors (Lipinski definition) is 5. The molecule has 1 heterocycles. The molecule has 1 aromatic heterocycles. The number of hydrogen-bond donors (Lipinski definition) is 2. The maximum absolute atomic E-state index is 13.2. The van der Waals surface area contributed by atoms with Crippen LogP contribution < -0.4 is 15.4 Å². The second-order valence-corrected chi connectivity index (χ2v) is 8.76. The smallest absolute Gasteiger partial charge is 0.255 e. The molecule has 0 spiro atoms. The number of carbonyl (C=O) groups excluding carboxylic acids is 2. The predicted octanol–water partition coefficient (Wildman–Crippen LogP) is 5.68. The van der Waals surface area contributed by atoms with Crippen molar-refractivity contribution >= 4 is 28.8 Å². The number of thiazole rings is 1. The van der Waals surface area contributed by atoms with Gasteiger partial charge in [0.15, 0.2) is 0 Å². The normalized spacial score (nSPS) is 11.8. The SMILES string of the molecule is CCCOc1ccc(NC(=O)C(C)C)cc1C(=O)NC(C)c1cccc(-c2nccs2)c1. The molecule has 1 unspecified atom stereocenters. The maximum atomic E-state index is 13.2. The van der Waals surface area contributed by atoms with Crippen LogP contribution in [-0.4, -0.2) is 23.4 Å². The van der Waals surface area contributed by atoms with Crippen molar-refractivity contribution in [2.75, 3.05) is 11.9 Å². The van der Waals surface area contributed by atoms with Gasteiger partial charge in [-0.1, -0.05) is 39.0 Å². The van der Waals surface area contributed by atoms with Gasteiger partial charge in [0.1, 0.15) is 10.8 Å². The zero-order valence-electron chi connectivity index (χ0n) is 18.8. The molecule has 0 aliphatic rings. The lowest BCUT2D eigenvalue weighted by Gasteiger charge is -2.18. The number of aromatic nitrogens is 1. The van der Waals surface area contributed by atoms with Crippen LogP contribution in [0, 0.1) is 5.92 Å². The Balaban J connectivity index is 1.81. The highest BCUT2D eigenvalue weighted by atomic mass is 32.1. The van der Waals surface area contributed by atoms with E-state index in [0.29, 0.717) is 23.6 Å². The number of amides is 2. The molecular formula is C25H29N3O3S. The number of ether oxygens (including phenoxy) is 1. The van der Waals surface area contributed by atoms with Gasteiger partial charge in [-0.3, -0.25) is 9.59 Å². The molecule has 6 nitrogen and oxygen atoms in total. The summed E-state index contributed by atoms with van der Waals surface area (Å²) in [7, 11) is 0. The molecule has 2 N–H and O–H groups in total. The third kappa shape index (κ3) is 5.95. The van der Waals surface area contributed by atoms with E-state index < -0.39 is 0 Å². The van der Waals surface area contributed by atoms with Gasteiger partial charge in [0, 0.05) is 28.7 Å². The van der Waals surface area contributed by atoms with Gasteiger partial charge in [-0.05, 0) is 43.2 Å². The summed E-state index contributed by atoms with van der Waals surface area (Å²) in [5.41, 5.74) is 2.95. The molecule has 0 fully saturated rings. The largest absolute Gasteiger partial charge is 0.493 e. The number of nitrogens with zero attached hydrogens (tertiary/aromatic N) is 1. The summed E-state index contributed by atoms with van der Waals surface area (Å²) in [5.74, 6) is -0.0288. The minimum absolute atomic E-state index is 0.106. The molecule has 168 valence electrons. The molecule has 0 aliphatic carbocycles. The molecule has 0 aliphatic heterocycles. The van der Waals surface area contributed by atoms with Gasteiger partial charge in [-0.2, -0.15) is 0 Å². The zero-order chi connectivity index (χ0) is 23.1. The van der Waals surface area contributed by atoms with Crippen molar-refractivity contribution < 1.29 is 14.3 Å². The number of rotatable bonds is 9. The molecule has 3 aromatic rings. The Kier molecular flexibility index (Phi) is 8.00. The van der Waals surface area contributed by atoms with Crippen LogP contribution in [-0.2, 0) is 4.79 Å². The second kappa shape index (κ2) is 10.9. The standard InChI is InChI=1S/C25H29N3O3S/c1-5-12-31-22-10-9-20(28-23(29)16(2)3)15-21(22)24(30)27-17(4)18-7-6-8-19(14-18)25-26-11-13-32-25/h6-11,13-17H,5,12H2,1-4H3,(H,27,30)(H,28,29). The van der Waals surface area contributed by atoms with Crippen LogP contribution >= 0.6 is 11.3 Å². The van der Waals surface area contributed by atoms with Crippen molar-refractivity contribution in [1.82, 2.24) is 10.3 Å². The first-order valence-electron chi connectivity index (χ1n) is 10.8. The lowest BCUT2D eigenvalue weighted by molar-refractivity contribution is -0.118. The quantitative estimate of drug-likeness (QED) is 0.438. The Morgan fingerprint density at radius 2 is 1.94 bits per heavy atom. The molecule has 3 rings (SSSR count). The van der Waals surface area contributed by atoms with E-state index in [2.05, 4.69) is 15.6 Å². The second-order valence-electron chi connectivity index (χ2n) is 7.86. The van der Waals surface area contributed by atoms with Gasteiger partial charge in [-0.25, -0.2) is 4.98 Å². The van der Waals surface area contributed by atoms with Crippen LogP contribution in [0.2, 0.25) is 0 Å². The molecule has 32 heavy (non-hydrogen) atoms. The number of nitrogens with one attached hydrogen (secondary N) is 2. The Morgan fingerprint density at radius 1 is 1.12 bits per heavy atom. The van der Waals surface area contributed by atoms with Gasteiger partial charge in [-0.15, -0.1) is 11.3 Å². The minimum Gasteiger partial charge on any atom is -0.493 e. The first-order valence-corrected chi connectivity index (χ1v) is 11.7. The Hall–Kier alpha value is -3.19. The Bertz CT molecular complexity index is 1060. The summed E-state index contributed by atoms with van der Waals surface area (Å²) in [6, 6.07) is 12.9. The van der Waals surface area contributed by atoms with Crippen LogP contribution in [0.5, 0.6) is 5.75 Å². The zero-order valence-corrected chi connectivity index (χ0v) is 19.7. The van der Waals surface area contributed by atoms with Gasteiger partial charge in [0.25, 0.3) is 5.91 Å². The van der Waals surface area contributed by atoms with E-state index in [1.807, 2.05) is 57.3 Å². The maximum Gasteiger partial charge on any atom is 0.255 e. The number of carbonyl (C=O) groups is 2. The van der Waals surface area contributed by atoms with E-state index >= 15 is 0 Å². The minimum atomic E-state index is -0.260. The average Bonchev–Trinajstić information content (AvgIpc) is 3.33. The first kappa shape index (κ1) is 23.5. The Morgan fingerprint density at radius 3 is 2.62 bits per heavy atom. The predicted molar refractivity (Wildman–Crippen MR) is 129 cm³/mol. The number of benzene rings is 2. The van der Waals surface area contributed by atoms with Gasteiger partial charge < -0.3 is 15.4 Å². The lowest BCUT2D eigenvalue weighted by atomic mass is 10.0.